The standard InChI is InChI=1S/C71H126O6/c1-4-7-10-13-15-17-19-21-23-25-27-29-30-31-32-33-34-35-36-37-38-39-40-42-43-45-47-49-51-53-55-58-61-64-70(73)76-67-68(66-75-69(72)63-60-57-12-9-6-3)77-71(74)65-62-59-56-54-52-50-48-46-44-41-28-26-24-22-20-18-16-14-11-8-5-2/h7,10,15,17,21,23,26-29,31-32,68H,4-6,8-9,11-14,16,18-20,22,24-25,30,33-67H2,1-3H3/b10-7-,17-15-,23-21-,28-26-,29-27-,32-31-. The summed E-state index contributed by atoms with van der Waals surface area (Å²) >= 11 is 0. The molecule has 6 nitrogen and oxygen atoms in total. The Balaban J connectivity index is 3.95. The first-order valence-corrected chi connectivity index (χ1v) is 33.4. The molecular weight excluding hydrogens is 949 g/mol. The molecule has 0 heterocycles. The average Bonchev–Trinajstić information content (AvgIpc) is 3.43. The third-order valence-electron chi connectivity index (χ3n) is 14.7. The van der Waals surface area contributed by atoms with E-state index in [-0.39, 0.29) is 31.1 Å². The van der Waals surface area contributed by atoms with Crippen molar-refractivity contribution in [3.8, 4) is 0 Å². The zero-order valence-corrected chi connectivity index (χ0v) is 51.2. The van der Waals surface area contributed by atoms with Crippen LogP contribution in [0.1, 0.15) is 342 Å². The lowest BCUT2D eigenvalue weighted by atomic mass is 10.0. The fourth-order valence-corrected chi connectivity index (χ4v) is 9.70. The first kappa shape index (κ1) is 73.8. The molecule has 446 valence electrons. The molecule has 0 bridgehead atoms. The number of hydrogen-bond donors (Lipinski definition) is 0. The molecule has 0 saturated heterocycles. The Morgan fingerprint density at radius 3 is 0.805 bits per heavy atom. The summed E-state index contributed by atoms with van der Waals surface area (Å²) in [5.41, 5.74) is 0. The summed E-state index contributed by atoms with van der Waals surface area (Å²) in [6.07, 6.45) is 85.5. The van der Waals surface area contributed by atoms with Gasteiger partial charge in [-0.1, -0.05) is 306 Å². The molecule has 77 heavy (non-hydrogen) atoms. The molecule has 6 heteroatoms. The third kappa shape index (κ3) is 63.6. The summed E-state index contributed by atoms with van der Waals surface area (Å²) in [7, 11) is 0. The van der Waals surface area contributed by atoms with Crippen molar-refractivity contribution >= 4 is 17.9 Å². The van der Waals surface area contributed by atoms with Crippen LogP contribution in [-0.2, 0) is 28.6 Å². The van der Waals surface area contributed by atoms with E-state index in [2.05, 4.69) is 93.7 Å². The highest BCUT2D eigenvalue weighted by atomic mass is 16.6. The number of esters is 3. The van der Waals surface area contributed by atoms with Crippen molar-refractivity contribution in [1.29, 1.82) is 0 Å². The van der Waals surface area contributed by atoms with Gasteiger partial charge in [0.25, 0.3) is 0 Å². The highest BCUT2D eigenvalue weighted by Crippen LogP contribution is 2.17. The van der Waals surface area contributed by atoms with Crippen LogP contribution in [0.2, 0.25) is 0 Å². The lowest BCUT2D eigenvalue weighted by Gasteiger charge is -2.18. The van der Waals surface area contributed by atoms with Gasteiger partial charge in [-0.05, 0) is 89.9 Å². The maximum Gasteiger partial charge on any atom is 0.306 e. The average molecular weight is 1080 g/mol. The van der Waals surface area contributed by atoms with Crippen molar-refractivity contribution in [2.45, 2.75) is 348 Å². The summed E-state index contributed by atoms with van der Waals surface area (Å²) in [5.74, 6) is -0.872. The van der Waals surface area contributed by atoms with Gasteiger partial charge in [0.2, 0.25) is 0 Å². The summed E-state index contributed by atoms with van der Waals surface area (Å²) in [6.45, 7) is 6.48. The molecule has 0 saturated carbocycles. The number of allylic oxidation sites excluding steroid dienone is 12. The Labute approximate surface area is 478 Å². The topological polar surface area (TPSA) is 78.9 Å². The van der Waals surface area contributed by atoms with Crippen molar-refractivity contribution < 1.29 is 28.6 Å². The molecule has 0 aliphatic rings. The zero-order chi connectivity index (χ0) is 55.7. The quantitative estimate of drug-likeness (QED) is 0.0261. The van der Waals surface area contributed by atoms with Crippen LogP contribution in [-0.4, -0.2) is 37.2 Å². The van der Waals surface area contributed by atoms with E-state index in [4.69, 9.17) is 14.2 Å². The monoisotopic (exact) mass is 1070 g/mol. The zero-order valence-electron chi connectivity index (χ0n) is 51.2. The largest absolute Gasteiger partial charge is 0.462 e. The van der Waals surface area contributed by atoms with Gasteiger partial charge in [-0.2, -0.15) is 0 Å². The number of unbranched alkanes of at least 4 members (excludes halogenated alkanes) is 38. The minimum Gasteiger partial charge on any atom is -0.462 e. The van der Waals surface area contributed by atoms with Gasteiger partial charge in [0.1, 0.15) is 13.2 Å². The fourth-order valence-electron chi connectivity index (χ4n) is 9.70. The van der Waals surface area contributed by atoms with Gasteiger partial charge >= 0.3 is 17.9 Å². The highest BCUT2D eigenvalue weighted by Gasteiger charge is 2.19. The minimum atomic E-state index is -0.771. The van der Waals surface area contributed by atoms with E-state index in [0.717, 1.165) is 96.3 Å². The summed E-state index contributed by atoms with van der Waals surface area (Å²) in [5, 5.41) is 0. The Morgan fingerprint density at radius 2 is 0.506 bits per heavy atom. The molecule has 0 aliphatic carbocycles. The fraction of sp³-hybridized carbons (Fsp3) is 0.789. The van der Waals surface area contributed by atoms with Gasteiger partial charge in [0.15, 0.2) is 6.10 Å². The van der Waals surface area contributed by atoms with Gasteiger partial charge in [0.05, 0.1) is 0 Å². The molecular formula is C71H126O6. The normalized spacial score (nSPS) is 12.5. The van der Waals surface area contributed by atoms with E-state index in [1.807, 2.05) is 0 Å². The summed E-state index contributed by atoms with van der Waals surface area (Å²) in [6, 6.07) is 0. The van der Waals surface area contributed by atoms with Gasteiger partial charge in [-0.25, -0.2) is 0 Å². The molecule has 0 N–H and O–H groups in total. The van der Waals surface area contributed by atoms with Gasteiger partial charge in [-0.15, -0.1) is 0 Å². The molecule has 0 aliphatic heterocycles. The van der Waals surface area contributed by atoms with E-state index in [9.17, 15) is 14.4 Å². The van der Waals surface area contributed by atoms with Crippen molar-refractivity contribution in [1.82, 2.24) is 0 Å². The van der Waals surface area contributed by atoms with Crippen molar-refractivity contribution in [3.63, 3.8) is 0 Å². The maximum atomic E-state index is 12.8. The lowest BCUT2D eigenvalue weighted by Crippen LogP contribution is -2.30. The van der Waals surface area contributed by atoms with Crippen LogP contribution in [0.15, 0.2) is 72.9 Å². The number of carbonyl (C=O) groups excluding carboxylic acids is 3. The second-order valence-corrected chi connectivity index (χ2v) is 22.4. The minimum absolute atomic E-state index is 0.0720. The van der Waals surface area contributed by atoms with Crippen LogP contribution in [0.25, 0.3) is 0 Å². The van der Waals surface area contributed by atoms with E-state index in [1.54, 1.807) is 0 Å². The maximum absolute atomic E-state index is 12.8. The predicted molar refractivity (Wildman–Crippen MR) is 335 cm³/mol. The molecule has 1 atom stereocenters. The second kappa shape index (κ2) is 65.4. The van der Waals surface area contributed by atoms with Gasteiger partial charge < -0.3 is 14.2 Å². The second-order valence-electron chi connectivity index (χ2n) is 22.4. The van der Waals surface area contributed by atoms with E-state index in [0.29, 0.717) is 19.3 Å². The number of carbonyl (C=O) groups is 3. The molecule has 1 unspecified atom stereocenters. The van der Waals surface area contributed by atoms with Crippen LogP contribution in [0.4, 0.5) is 0 Å². The molecule has 0 aromatic heterocycles. The molecule has 0 radical (unpaired) electrons. The van der Waals surface area contributed by atoms with Gasteiger partial charge in [0, 0.05) is 19.3 Å². The smallest absolute Gasteiger partial charge is 0.306 e. The van der Waals surface area contributed by atoms with Crippen molar-refractivity contribution in [2.75, 3.05) is 13.2 Å². The Bertz CT molecular complexity index is 1420. The SMILES string of the molecule is CC/C=C\C/C=C\C/C=C\C/C=C\C/C=C\CCCCCCCCCCCCCCCCCCCC(=O)OCC(COC(=O)CCCCCCC)OC(=O)CCCCCCCCCCC/C=C\CCCCCCCCCC. The first-order chi connectivity index (χ1) is 38.0. The Morgan fingerprint density at radius 1 is 0.273 bits per heavy atom. The lowest BCUT2D eigenvalue weighted by molar-refractivity contribution is -0.167. The van der Waals surface area contributed by atoms with E-state index in [1.165, 1.54) is 205 Å². The van der Waals surface area contributed by atoms with Crippen LogP contribution < -0.4 is 0 Å². The van der Waals surface area contributed by atoms with E-state index < -0.39 is 6.10 Å². The van der Waals surface area contributed by atoms with Crippen LogP contribution in [0.5, 0.6) is 0 Å². The number of ether oxygens (including phenoxy) is 3. The molecule has 0 fully saturated rings. The third-order valence-corrected chi connectivity index (χ3v) is 14.7. The first-order valence-electron chi connectivity index (χ1n) is 33.4. The molecule has 0 spiro atoms. The van der Waals surface area contributed by atoms with Crippen LogP contribution in [0, 0.1) is 0 Å². The number of hydrogen-bond acceptors (Lipinski definition) is 6. The molecule has 0 amide bonds. The van der Waals surface area contributed by atoms with Crippen LogP contribution >= 0.6 is 0 Å². The number of rotatable bonds is 61. The van der Waals surface area contributed by atoms with Gasteiger partial charge in [-0.3, -0.25) is 14.4 Å². The Hall–Kier alpha value is -3.15. The molecule has 0 aromatic carbocycles. The molecule has 0 aromatic rings. The van der Waals surface area contributed by atoms with E-state index >= 15 is 0 Å². The summed E-state index contributed by atoms with van der Waals surface area (Å²) in [4.78, 5) is 37.9. The Kier molecular flexibility index (Phi) is 62.7. The summed E-state index contributed by atoms with van der Waals surface area (Å²) < 4.78 is 16.8. The van der Waals surface area contributed by atoms with Crippen LogP contribution in [0.3, 0.4) is 0 Å². The highest BCUT2D eigenvalue weighted by molar-refractivity contribution is 5.71. The predicted octanol–water partition coefficient (Wildman–Crippen LogP) is 22.9. The van der Waals surface area contributed by atoms with Crippen molar-refractivity contribution in [2.24, 2.45) is 0 Å². The van der Waals surface area contributed by atoms with Crippen molar-refractivity contribution in [3.05, 3.63) is 72.9 Å². The molecule has 0 rings (SSSR count).